The Morgan fingerprint density at radius 1 is 1.46 bits per heavy atom. The highest BCUT2D eigenvalue weighted by Crippen LogP contribution is 2.14. The normalized spacial score (nSPS) is 10.9. The summed E-state index contributed by atoms with van der Waals surface area (Å²) < 4.78 is 35.7. The molecule has 0 aliphatic rings. The highest BCUT2D eigenvalue weighted by atomic mass is 19.4. The van der Waals surface area contributed by atoms with Crippen LogP contribution in [0.2, 0.25) is 0 Å². The van der Waals surface area contributed by atoms with E-state index in [2.05, 4.69) is 4.98 Å². The molecule has 1 heterocycles. The van der Waals surface area contributed by atoms with Crippen LogP contribution < -0.4 is 0 Å². The number of pyridine rings is 1. The van der Waals surface area contributed by atoms with E-state index in [1.54, 1.807) is 6.07 Å². The molecule has 0 N–H and O–H groups in total. The number of aromatic nitrogens is 1. The molecular weight excluding hydrogens is 180 g/mol. The molecule has 0 bridgehead atoms. The maximum atomic E-state index is 11.9. The standard InChI is InChI=1S/C7H5BF3N2/c9-8(10,11)4-7-3-6(5-12)1-2-13-7/h1-3H,4H2/q-1. The third-order valence-corrected chi connectivity index (χ3v) is 1.39. The van der Waals surface area contributed by atoms with Gasteiger partial charge in [0.25, 0.3) is 0 Å². The fourth-order valence-corrected chi connectivity index (χ4v) is 0.896. The van der Waals surface area contributed by atoms with E-state index in [0.29, 0.717) is 0 Å². The van der Waals surface area contributed by atoms with E-state index in [0.717, 1.165) is 6.07 Å². The predicted octanol–water partition coefficient (Wildman–Crippen LogP) is 1.88. The van der Waals surface area contributed by atoms with Crippen molar-refractivity contribution >= 4 is 6.98 Å². The average molecular weight is 185 g/mol. The Balaban J connectivity index is 2.86. The number of hydrogen-bond acceptors (Lipinski definition) is 2. The van der Waals surface area contributed by atoms with Gasteiger partial charge in [0, 0.05) is 11.9 Å². The molecule has 1 aromatic heterocycles. The zero-order chi connectivity index (χ0) is 9.90. The Morgan fingerprint density at radius 3 is 2.69 bits per heavy atom. The summed E-state index contributed by atoms with van der Waals surface area (Å²) >= 11 is 0. The molecule has 2 nitrogen and oxygen atoms in total. The molecule has 0 aliphatic heterocycles. The van der Waals surface area contributed by atoms with Crippen molar-refractivity contribution in [2.45, 2.75) is 6.32 Å². The molecule has 0 saturated heterocycles. The summed E-state index contributed by atoms with van der Waals surface area (Å²) in [5.74, 6) is 0. The minimum Gasteiger partial charge on any atom is -0.449 e. The van der Waals surface area contributed by atoms with Gasteiger partial charge in [-0.1, -0.05) is 0 Å². The minimum absolute atomic E-state index is 0.105. The fraction of sp³-hybridized carbons (Fsp3) is 0.143. The van der Waals surface area contributed by atoms with E-state index in [9.17, 15) is 12.9 Å². The zero-order valence-electron chi connectivity index (χ0n) is 6.54. The van der Waals surface area contributed by atoms with Gasteiger partial charge in [0.15, 0.2) is 0 Å². The summed E-state index contributed by atoms with van der Waals surface area (Å²) in [4.78, 5) is 3.52. The van der Waals surface area contributed by atoms with Crippen LogP contribution in [0.25, 0.3) is 0 Å². The van der Waals surface area contributed by atoms with Crippen molar-refractivity contribution < 1.29 is 12.9 Å². The van der Waals surface area contributed by atoms with Gasteiger partial charge in [-0.25, -0.2) is 0 Å². The highest BCUT2D eigenvalue weighted by Gasteiger charge is 2.23. The van der Waals surface area contributed by atoms with E-state index < -0.39 is 13.3 Å². The van der Waals surface area contributed by atoms with Gasteiger partial charge < -0.3 is 12.9 Å². The number of hydrogen-bond donors (Lipinski definition) is 0. The third-order valence-electron chi connectivity index (χ3n) is 1.39. The van der Waals surface area contributed by atoms with Crippen LogP contribution in [-0.2, 0) is 6.32 Å². The van der Waals surface area contributed by atoms with Gasteiger partial charge in [0.05, 0.1) is 11.6 Å². The molecule has 0 saturated carbocycles. The van der Waals surface area contributed by atoms with E-state index in [-0.39, 0.29) is 11.3 Å². The lowest BCUT2D eigenvalue weighted by molar-refractivity contribution is 0.467. The molecule has 0 unspecified atom stereocenters. The summed E-state index contributed by atoms with van der Waals surface area (Å²) in [6.07, 6.45) is 0.172. The summed E-state index contributed by atoms with van der Waals surface area (Å²) in [7, 11) is 0. The smallest absolute Gasteiger partial charge is 0.449 e. The predicted molar refractivity (Wildman–Crippen MR) is 41.7 cm³/mol. The van der Waals surface area contributed by atoms with Crippen LogP contribution in [0.3, 0.4) is 0 Å². The van der Waals surface area contributed by atoms with Crippen molar-refractivity contribution in [1.29, 1.82) is 5.26 Å². The molecule has 0 fully saturated rings. The van der Waals surface area contributed by atoms with E-state index in [1.807, 2.05) is 0 Å². The summed E-state index contributed by atoms with van der Waals surface area (Å²) in [6.45, 7) is -4.87. The van der Waals surface area contributed by atoms with Crippen LogP contribution in [0.1, 0.15) is 11.3 Å². The average Bonchev–Trinajstić information content (AvgIpc) is 2.01. The maximum Gasteiger partial charge on any atom is 0.484 e. The molecule has 1 aromatic rings. The zero-order valence-corrected chi connectivity index (χ0v) is 6.54. The lowest BCUT2D eigenvalue weighted by atomic mass is 9.84. The second-order valence-electron chi connectivity index (χ2n) is 2.56. The van der Waals surface area contributed by atoms with Crippen molar-refractivity contribution in [3.05, 3.63) is 29.6 Å². The number of halogens is 3. The number of nitrogens with zero attached hydrogens (tertiary/aromatic N) is 2. The SMILES string of the molecule is N#Cc1ccnc(C[B-](F)(F)F)c1. The van der Waals surface area contributed by atoms with E-state index >= 15 is 0 Å². The summed E-state index contributed by atoms with van der Waals surface area (Å²) in [5.41, 5.74) is 0.0941. The molecule has 0 atom stereocenters. The van der Waals surface area contributed by atoms with E-state index in [4.69, 9.17) is 5.26 Å². The van der Waals surface area contributed by atoms with Crippen LogP contribution in [0, 0.1) is 11.3 Å². The first-order chi connectivity index (χ1) is 6.01. The van der Waals surface area contributed by atoms with Gasteiger partial charge in [0.1, 0.15) is 0 Å². The molecule has 0 amide bonds. The Kier molecular flexibility index (Phi) is 2.56. The first-order valence-electron chi connectivity index (χ1n) is 3.57. The molecule has 0 aliphatic carbocycles. The lowest BCUT2D eigenvalue weighted by Gasteiger charge is -2.12. The third kappa shape index (κ3) is 3.15. The fourth-order valence-electron chi connectivity index (χ4n) is 0.896. The molecule has 6 heteroatoms. The Bertz CT molecular complexity index is 342. The maximum absolute atomic E-state index is 11.9. The molecule has 13 heavy (non-hydrogen) atoms. The highest BCUT2D eigenvalue weighted by molar-refractivity contribution is 6.57. The van der Waals surface area contributed by atoms with E-state index in [1.165, 1.54) is 12.3 Å². The van der Waals surface area contributed by atoms with Crippen LogP contribution in [0.5, 0.6) is 0 Å². The van der Waals surface area contributed by atoms with Gasteiger partial charge in [-0.15, -0.1) is 0 Å². The van der Waals surface area contributed by atoms with Crippen molar-refractivity contribution in [3.8, 4) is 6.07 Å². The second kappa shape index (κ2) is 3.48. The van der Waals surface area contributed by atoms with Gasteiger partial charge in [-0.3, -0.25) is 4.98 Å². The van der Waals surface area contributed by atoms with Crippen molar-refractivity contribution in [2.75, 3.05) is 0 Å². The quantitative estimate of drug-likeness (QED) is 0.659. The van der Waals surface area contributed by atoms with Crippen molar-refractivity contribution in [1.82, 2.24) is 4.98 Å². The number of rotatable bonds is 2. The first-order valence-corrected chi connectivity index (χ1v) is 3.57. The van der Waals surface area contributed by atoms with Crippen molar-refractivity contribution in [2.24, 2.45) is 0 Å². The molecule has 0 aromatic carbocycles. The molecule has 1 rings (SSSR count). The monoisotopic (exact) mass is 185 g/mol. The topological polar surface area (TPSA) is 36.7 Å². The van der Waals surface area contributed by atoms with Crippen LogP contribution >= 0.6 is 0 Å². The van der Waals surface area contributed by atoms with Crippen molar-refractivity contribution in [3.63, 3.8) is 0 Å². The Hall–Kier alpha value is -1.51. The van der Waals surface area contributed by atoms with Crippen LogP contribution in [0.15, 0.2) is 18.3 Å². The van der Waals surface area contributed by atoms with Gasteiger partial charge in [-0.2, -0.15) is 5.26 Å². The second-order valence-corrected chi connectivity index (χ2v) is 2.56. The Morgan fingerprint density at radius 2 is 2.15 bits per heavy atom. The molecule has 0 radical (unpaired) electrons. The largest absolute Gasteiger partial charge is 0.484 e. The molecule has 68 valence electrons. The van der Waals surface area contributed by atoms with Crippen LogP contribution in [-0.4, -0.2) is 12.0 Å². The summed E-state index contributed by atoms with van der Waals surface area (Å²) in [5, 5.41) is 8.41. The van der Waals surface area contributed by atoms with Gasteiger partial charge in [-0.05, 0) is 18.5 Å². The number of nitriles is 1. The minimum atomic E-state index is -4.87. The van der Waals surface area contributed by atoms with Crippen LogP contribution in [0.4, 0.5) is 12.9 Å². The van der Waals surface area contributed by atoms with Gasteiger partial charge in [0.2, 0.25) is 0 Å². The Labute approximate surface area is 73.1 Å². The molecule has 0 spiro atoms. The van der Waals surface area contributed by atoms with Gasteiger partial charge >= 0.3 is 6.98 Å². The lowest BCUT2D eigenvalue weighted by Crippen LogP contribution is -2.20. The summed E-state index contributed by atoms with van der Waals surface area (Å²) in [6, 6.07) is 4.27. The first kappa shape index (κ1) is 9.58. The molecular formula is C7H5BF3N2-.